The van der Waals surface area contributed by atoms with Crippen LogP contribution in [0.5, 0.6) is 0 Å². The summed E-state index contributed by atoms with van der Waals surface area (Å²) in [4.78, 5) is 23.8. The van der Waals surface area contributed by atoms with Crippen LogP contribution >= 0.6 is 0 Å². The summed E-state index contributed by atoms with van der Waals surface area (Å²) >= 11 is 0. The standard InChI is InChI=1S/C17H20N4O2/c22-17(23)15-10-18-16(19-11-15)13-21-8-6-20(7-9-21)12-14-4-2-1-3-5-14/h1-5,10-11H,6-9,12-13H2,(H,22,23). The number of rotatable bonds is 5. The Morgan fingerprint density at radius 1 is 0.957 bits per heavy atom. The minimum atomic E-state index is -0.994. The molecule has 0 aliphatic carbocycles. The van der Waals surface area contributed by atoms with Crippen LogP contribution < -0.4 is 0 Å². The lowest BCUT2D eigenvalue weighted by atomic mass is 10.2. The Kier molecular flexibility index (Phi) is 4.95. The Morgan fingerprint density at radius 3 is 2.09 bits per heavy atom. The maximum absolute atomic E-state index is 10.8. The number of aromatic nitrogens is 2. The topological polar surface area (TPSA) is 69.6 Å². The first-order chi connectivity index (χ1) is 11.2. The van der Waals surface area contributed by atoms with E-state index in [4.69, 9.17) is 5.11 Å². The van der Waals surface area contributed by atoms with Crippen molar-refractivity contribution in [1.29, 1.82) is 0 Å². The monoisotopic (exact) mass is 312 g/mol. The predicted molar refractivity (Wildman–Crippen MR) is 86.0 cm³/mol. The third kappa shape index (κ3) is 4.34. The van der Waals surface area contributed by atoms with Gasteiger partial charge < -0.3 is 5.11 Å². The lowest BCUT2D eigenvalue weighted by Crippen LogP contribution is -2.45. The molecule has 1 fully saturated rings. The molecule has 120 valence electrons. The van der Waals surface area contributed by atoms with E-state index in [1.807, 2.05) is 6.07 Å². The molecule has 1 aliphatic heterocycles. The summed E-state index contributed by atoms with van der Waals surface area (Å²) in [6.07, 6.45) is 2.74. The van der Waals surface area contributed by atoms with E-state index in [2.05, 4.69) is 44.0 Å². The molecule has 0 saturated carbocycles. The number of carboxylic acid groups (broad SMARTS) is 1. The summed E-state index contributed by atoms with van der Waals surface area (Å²) in [7, 11) is 0. The van der Waals surface area contributed by atoms with Gasteiger partial charge in [0.25, 0.3) is 0 Å². The third-order valence-electron chi connectivity index (χ3n) is 4.03. The van der Waals surface area contributed by atoms with Gasteiger partial charge in [0.1, 0.15) is 5.82 Å². The molecule has 23 heavy (non-hydrogen) atoms. The van der Waals surface area contributed by atoms with E-state index in [9.17, 15) is 4.79 Å². The number of carbonyl (C=O) groups is 1. The largest absolute Gasteiger partial charge is 0.478 e. The van der Waals surface area contributed by atoms with Crippen molar-refractivity contribution in [2.75, 3.05) is 26.2 Å². The van der Waals surface area contributed by atoms with Crippen LogP contribution in [-0.2, 0) is 13.1 Å². The fourth-order valence-electron chi connectivity index (χ4n) is 2.69. The minimum absolute atomic E-state index is 0.126. The van der Waals surface area contributed by atoms with E-state index in [0.717, 1.165) is 32.7 Å². The van der Waals surface area contributed by atoms with Crippen LogP contribution in [0.15, 0.2) is 42.7 Å². The van der Waals surface area contributed by atoms with E-state index in [0.29, 0.717) is 12.4 Å². The molecule has 0 amide bonds. The van der Waals surface area contributed by atoms with Gasteiger partial charge >= 0.3 is 5.97 Å². The second-order valence-corrected chi connectivity index (χ2v) is 5.73. The van der Waals surface area contributed by atoms with E-state index < -0.39 is 5.97 Å². The van der Waals surface area contributed by atoms with Crippen LogP contribution in [0.3, 0.4) is 0 Å². The first-order valence-corrected chi connectivity index (χ1v) is 7.73. The van der Waals surface area contributed by atoms with Crippen molar-refractivity contribution in [2.24, 2.45) is 0 Å². The van der Waals surface area contributed by atoms with Crippen molar-refractivity contribution in [2.45, 2.75) is 13.1 Å². The molecular weight excluding hydrogens is 292 g/mol. The van der Waals surface area contributed by atoms with Gasteiger partial charge in [-0.15, -0.1) is 0 Å². The fourth-order valence-corrected chi connectivity index (χ4v) is 2.69. The maximum Gasteiger partial charge on any atom is 0.338 e. The molecule has 1 saturated heterocycles. The quantitative estimate of drug-likeness (QED) is 0.902. The molecule has 0 radical (unpaired) electrons. The molecule has 6 heteroatoms. The van der Waals surface area contributed by atoms with Gasteiger partial charge in [-0.25, -0.2) is 14.8 Å². The predicted octanol–water partition coefficient (Wildman–Crippen LogP) is 1.49. The Bertz CT molecular complexity index is 637. The Hall–Kier alpha value is -2.31. The van der Waals surface area contributed by atoms with E-state index >= 15 is 0 Å². The number of aromatic carboxylic acids is 1. The zero-order chi connectivity index (χ0) is 16.1. The first kappa shape index (κ1) is 15.6. The summed E-state index contributed by atoms with van der Waals surface area (Å²) in [5.74, 6) is -0.322. The number of hydrogen-bond acceptors (Lipinski definition) is 5. The molecule has 0 unspecified atom stereocenters. The van der Waals surface area contributed by atoms with Gasteiger partial charge in [-0.2, -0.15) is 0 Å². The molecule has 0 spiro atoms. The SMILES string of the molecule is O=C(O)c1cnc(CN2CCN(Cc3ccccc3)CC2)nc1. The van der Waals surface area contributed by atoms with Gasteiger partial charge in [-0.3, -0.25) is 9.80 Å². The van der Waals surface area contributed by atoms with Gasteiger partial charge in [0.2, 0.25) is 0 Å². The third-order valence-corrected chi connectivity index (χ3v) is 4.03. The number of hydrogen-bond donors (Lipinski definition) is 1. The summed E-state index contributed by atoms with van der Waals surface area (Å²) < 4.78 is 0. The van der Waals surface area contributed by atoms with Crippen LogP contribution in [0.1, 0.15) is 21.7 Å². The molecule has 3 rings (SSSR count). The van der Waals surface area contributed by atoms with Crippen molar-refractivity contribution in [3.63, 3.8) is 0 Å². The lowest BCUT2D eigenvalue weighted by molar-refractivity contribution is 0.0695. The van der Waals surface area contributed by atoms with E-state index in [1.54, 1.807) is 0 Å². The summed E-state index contributed by atoms with van der Waals surface area (Å²) in [5.41, 5.74) is 1.47. The van der Waals surface area contributed by atoms with Gasteiger partial charge in [-0.1, -0.05) is 30.3 Å². The average Bonchev–Trinajstić information content (AvgIpc) is 2.58. The average molecular weight is 312 g/mol. The molecule has 0 atom stereocenters. The summed E-state index contributed by atoms with van der Waals surface area (Å²) in [5, 5.41) is 8.85. The molecule has 1 aromatic heterocycles. The zero-order valence-corrected chi connectivity index (χ0v) is 12.9. The summed E-state index contributed by atoms with van der Waals surface area (Å²) in [6.45, 7) is 5.62. The maximum atomic E-state index is 10.8. The van der Waals surface area contributed by atoms with Crippen molar-refractivity contribution < 1.29 is 9.90 Å². The highest BCUT2D eigenvalue weighted by Crippen LogP contribution is 2.10. The number of piperazine rings is 1. The normalized spacial score (nSPS) is 16.3. The Balaban J connectivity index is 1.48. The van der Waals surface area contributed by atoms with E-state index in [1.165, 1.54) is 18.0 Å². The van der Waals surface area contributed by atoms with Gasteiger partial charge in [0, 0.05) is 45.1 Å². The molecule has 2 aromatic rings. The molecule has 1 N–H and O–H groups in total. The van der Waals surface area contributed by atoms with Crippen LogP contribution in [0, 0.1) is 0 Å². The van der Waals surface area contributed by atoms with E-state index in [-0.39, 0.29) is 5.56 Å². The highest BCUT2D eigenvalue weighted by atomic mass is 16.4. The second kappa shape index (κ2) is 7.30. The fraction of sp³-hybridized carbons (Fsp3) is 0.353. The Morgan fingerprint density at radius 2 is 1.52 bits per heavy atom. The minimum Gasteiger partial charge on any atom is -0.478 e. The smallest absolute Gasteiger partial charge is 0.338 e. The van der Waals surface area contributed by atoms with Gasteiger partial charge in [0.15, 0.2) is 0 Å². The van der Waals surface area contributed by atoms with Crippen LogP contribution in [0.2, 0.25) is 0 Å². The van der Waals surface area contributed by atoms with Crippen LogP contribution in [-0.4, -0.2) is 57.0 Å². The van der Waals surface area contributed by atoms with Crippen molar-refractivity contribution in [3.05, 3.63) is 59.7 Å². The Labute approximate surface area is 135 Å². The van der Waals surface area contributed by atoms with Gasteiger partial charge in [-0.05, 0) is 5.56 Å². The van der Waals surface area contributed by atoms with Crippen molar-refractivity contribution in [3.8, 4) is 0 Å². The van der Waals surface area contributed by atoms with Crippen molar-refractivity contribution >= 4 is 5.97 Å². The molecule has 6 nitrogen and oxygen atoms in total. The molecular formula is C17H20N4O2. The lowest BCUT2D eigenvalue weighted by Gasteiger charge is -2.34. The van der Waals surface area contributed by atoms with Crippen LogP contribution in [0.4, 0.5) is 0 Å². The molecule has 2 heterocycles. The summed E-state index contributed by atoms with van der Waals surface area (Å²) in [6, 6.07) is 10.5. The number of nitrogens with zero attached hydrogens (tertiary/aromatic N) is 4. The second-order valence-electron chi connectivity index (χ2n) is 5.73. The molecule has 0 bridgehead atoms. The number of benzene rings is 1. The van der Waals surface area contributed by atoms with Crippen molar-refractivity contribution in [1.82, 2.24) is 19.8 Å². The van der Waals surface area contributed by atoms with Gasteiger partial charge in [0.05, 0.1) is 12.1 Å². The number of carboxylic acids is 1. The zero-order valence-electron chi connectivity index (χ0n) is 12.9. The highest BCUT2D eigenvalue weighted by molar-refractivity contribution is 5.86. The van der Waals surface area contributed by atoms with Crippen LogP contribution in [0.25, 0.3) is 0 Å². The molecule has 1 aliphatic rings. The first-order valence-electron chi connectivity index (χ1n) is 7.73. The molecule has 1 aromatic carbocycles. The highest BCUT2D eigenvalue weighted by Gasteiger charge is 2.18.